The van der Waals surface area contributed by atoms with Gasteiger partial charge in [0.15, 0.2) is 11.5 Å². The molecular weight excluding hydrogens is 887 g/mol. The van der Waals surface area contributed by atoms with Gasteiger partial charge in [0.25, 0.3) is 11.8 Å². The summed E-state index contributed by atoms with van der Waals surface area (Å²) < 4.78 is 36.0. The van der Waals surface area contributed by atoms with Crippen LogP contribution < -0.4 is 38.7 Å². The number of hydrogen-bond donors (Lipinski definition) is 0. The molecule has 0 N–H and O–H groups in total. The predicted molar refractivity (Wildman–Crippen MR) is 273 cm³/mol. The first-order valence-electron chi connectivity index (χ1n) is 24.4. The second-order valence-corrected chi connectivity index (χ2v) is 18.8. The fourth-order valence-electron chi connectivity index (χ4n) is 10.4. The van der Waals surface area contributed by atoms with E-state index in [4.69, 9.17) is 28.4 Å². The first-order chi connectivity index (χ1) is 34.0. The summed E-state index contributed by atoms with van der Waals surface area (Å²) in [6.07, 6.45) is 2.75. The average molecular weight is 952 g/mol. The van der Waals surface area contributed by atoms with E-state index in [1.54, 1.807) is 27.2 Å². The molecule has 0 saturated carbocycles. The highest BCUT2D eigenvalue weighted by atomic mass is 16.5. The van der Waals surface area contributed by atoms with Crippen LogP contribution in [0.15, 0.2) is 91.0 Å². The van der Waals surface area contributed by atoms with Crippen LogP contribution in [0.25, 0.3) is 0 Å². The largest absolute Gasteiger partial charge is 0.493 e. The van der Waals surface area contributed by atoms with Gasteiger partial charge in [-0.2, -0.15) is 0 Å². The molecule has 14 heteroatoms. The number of methoxy groups -OCH3 is 2. The molecule has 4 aliphatic rings. The molecule has 2 atom stereocenters. The van der Waals surface area contributed by atoms with E-state index >= 15 is 0 Å². The first kappa shape index (κ1) is 48.4. The summed E-state index contributed by atoms with van der Waals surface area (Å²) in [4.78, 5) is 51.2. The summed E-state index contributed by atoms with van der Waals surface area (Å²) >= 11 is 0. The second kappa shape index (κ2) is 21.6. The van der Waals surface area contributed by atoms with Gasteiger partial charge in [-0.1, -0.05) is 36.4 Å². The first-order valence-corrected chi connectivity index (χ1v) is 24.4. The van der Waals surface area contributed by atoms with Crippen molar-refractivity contribution in [1.29, 1.82) is 0 Å². The Bertz CT molecular complexity index is 2730. The number of fused-ring (bicyclic) bond motifs is 8. The number of hydrogen-bond acceptors (Lipinski definition) is 12. The van der Waals surface area contributed by atoms with E-state index in [9.17, 15) is 14.4 Å². The van der Waals surface area contributed by atoms with E-state index < -0.39 is 0 Å². The van der Waals surface area contributed by atoms with E-state index in [2.05, 4.69) is 45.0 Å². The van der Waals surface area contributed by atoms with Gasteiger partial charge in [-0.25, -0.2) is 0 Å². The van der Waals surface area contributed by atoms with Crippen LogP contribution in [0.2, 0.25) is 0 Å². The monoisotopic (exact) mass is 951 g/mol. The predicted octanol–water partition coefficient (Wildman–Crippen LogP) is 8.06. The van der Waals surface area contributed by atoms with Crippen LogP contribution in [0.4, 0.5) is 28.4 Å². The van der Waals surface area contributed by atoms with Gasteiger partial charge in [-0.05, 0) is 103 Å². The summed E-state index contributed by atoms with van der Waals surface area (Å²) in [6.45, 7) is 9.00. The van der Waals surface area contributed by atoms with Crippen LogP contribution in [0, 0.1) is 6.92 Å². The number of Topliss-reactive ketones (excluding diaryl/α,β-unsaturated/α-hetero) is 1. The number of benzene rings is 5. The number of ether oxygens (including phenoxy) is 6. The SMILES string of the molecule is COCCOCCOCCN(CCCC(C)=O)c1cc(COc2cc3c(cc2C)C(=O)N2c4ccccc4C[C@H]2CN3C)cc(COc2cc3c(cc2OC)C(=O)N2c4ccccc4C[C@H]2CN3C)c1. The molecule has 0 radical (unpaired) electrons. The Morgan fingerprint density at radius 2 is 1.17 bits per heavy atom. The maximum Gasteiger partial charge on any atom is 0.260 e. The number of carbonyl (C=O) groups is 3. The Morgan fingerprint density at radius 1 is 0.629 bits per heavy atom. The van der Waals surface area contributed by atoms with E-state index in [-0.39, 0.29) is 42.9 Å². The van der Waals surface area contributed by atoms with Crippen LogP contribution in [-0.4, -0.2) is 117 Å². The highest BCUT2D eigenvalue weighted by molar-refractivity contribution is 6.13. The molecule has 4 aliphatic heterocycles. The quantitative estimate of drug-likeness (QED) is 0.0662. The van der Waals surface area contributed by atoms with Crippen molar-refractivity contribution >= 4 is 46.0 Å². The Morgan fingerprint density at radius 3 is 1.76 bits per heavy atom. The van der Waals surface area contributed by atoms with E-state index in [1.165, 1.54) is 11.1 Å². The normalized spacial score (nSPS) is 16.7. The van der Waals surface area contributed by atoms with Crippen molar-refractivity contribution in [1.82, 2.24) is 0 Å². The Hall–Kier alpha value is -6.61. The van der Waals surface area contributed by atoms with Gasteiger partial charge in [0.2, 0.25) is 0 Å². The molecule has 0 saturated heterocycles. The standard InChI is InChI=1S/C56H65N5O9/c1-37-24-46-50(57(3)33-44-28-41-13-7-9-15-48(41)60(44)55(46)63)31-52(37)69-35-39-25-40(27-43(26-39)59(17-11-12-38(2)62)18-19-67-22-23-68-21-20-65-5)36-70-54-32-51-47(30-53(54)66-6)56(64)61-45(34-58(51)4)29-42-14-8-10-16-49(42)61/h7-10,13-16,24-27,30-32,44-45H,11-12,17-23,28-29,33-36H2,1-6H3/t44-,45-/m0/s1. The number of amides is 2. The van der Waals surface area contributed by atoms with Crippen LogP contribution >= 0.6 is 0 Å². The average Bonchev–Trinajstić information content (AvgIpc) is 3.86. The molecule has 0 spiro atoms. The number of ketones is 1. The third-order valence-corrected chi connectivity index (χ3v) is 13.9. The lowest BCUT2D eigenvalue weighted by Crippen LogP contribution is -2.41. The second-order valence-electron chi connectivity index (χ2n) is 18.8. The molecule has 5 aromatic rings. The van der Waals surface area contributed by atoms with Crippen LogP contribution in [0.1, 0.15) is 68.3 Å². The van der Waals surface area contributed by atoms with Crippen molar-refractivity contribution in [3.63, 3.8) is 0 Å². The third kappa shape index (κ3) is 10.3. The highest BCUT2D eigenvalue weighted by Gasteiger charge is 2.41. The molecule has 5 aromatic carbocycles. The lowest BCUT2D eigenvalue weighted by atomic mass is 10.1. The highest BCUT2D eigenvalue weighted by Crippen LogP contribution is 2.43. The molecule has 0 aliphatic carbocycles. The molecule has 4 heterocycles. The fraction of sp³-hybridized carbons (Fsp3) is 0.411. The number of likely N-dealkylation sites (N-methyl/N-ethyl adjacent to an activating group) is 2. The zero-order chi connectivity index (χ0) is 48.9. The van der Waals surface area contributed by atoms with Gasteiger partial charge in [0.1, 0.15) is 24.7 Å². The van der Waals surface area contributed by atoms with E-state index in [0.29, 0.717) is 100 Å². The number of nitrogens with zero attached hydrogens (tertiary/aromatic N) is 5. The van der Waals surface area contributed by atoms with E-state index in [1.807, 2.05) is 85.4 Å². The van der Waals surface area contributed by atoms with Crippen molar-refractivity contribution in [2.24, 2.45) is 0 Å². The minimum atomic E-state index is -0.0574. The minimum absolute atomic E-state index is 0.00391. The van der Waals surface area contributed by atoms with Crippen molar-refractivity contribution in [2.75, 3.05) is 112 Å². The van der Waals surface area contributed by atoms with Gasteiger partial charge in [-0.15, -0.1) is 0 Å². The van der Waals surface area contributed by atoms with Crippen molar-refractivity contribution in [3.8, 4) is 17.2 Å². The maximum absolute atomic E-state index is 14.3. The van der Waals surface area contributed by atoms with Gasteiger partial charge >= 0.3 is 0 Å². The van der Waals surface area contributed by atoms with Gasteiger partial charge in [0.05, 0.1) is 74.7 Å². The van der Waals surface area contributed by atoms with Gasteiger partial charge in [-0.3, -0.25) is 9.59 Å². The van der Waals surface area contributed by atoms with Crippen LogP contribution in [0.3, 0.4) is 0 Å². The molecule has 14 nitrogen and oxygen atoms in total. The summed E-state index contributed by atoms with van der Waals surface area (Å²) in [5, 5.41) is 0. The summed E-state index contributed by atoms with van der Waals surface area (Å²) in [5.41, 5.74) is 10.8. The topological polar surface area (TPSA) is 123 Å². The molecule has 70 heavy (non-hydrogen) atoms. The van der Waals surface area contributed by atoms with Crippen molar-refractivity contribution < 1.29 is 42.8 Å². The summed E-state index contributed by atoms with van der Waals surface area (Å²) in [6, 6.07) is 30.4. The fourth-order valence-corrected chi connectivity index (χ4v) is 10.4. The molecule has 368 valence electrons. The van der Waals surface area contributed by atoms with Crippen LogP contribution in [-0.2, 0) is 45.1 Å². The molecule has 0 unspecified atom stereocenters. The Labute approximate surface area is 411 Å². The summed E-state index contributed by atoms with van der Waals surface area (Å²) in [7, 11) is 7.31. The van der Waals surface area contributed by atoms with Gasteiger partial charge in [0, 0.05) is 83.0 Å². The lowest BCUT2D eigenvalue weighted by Gasteiger charge is -2.26. The molecule has 9 rings (SSSR count). The summed E-state index contributed by atoms with van der Waals surface area (Å²) in [5.74, 6) is 1.77. The number of rotatable bonds is 21. The zero-order valence-corrected chi connectivity index (χ0v) is 41.3. The Balaban J connectivity index is 0.990. The number of anilines is 5. The number of carbonyl (C=O) groups excluding carboxylic acids is 3. The molecular formula is C56H65N5O9. The maximum atomic E-state index is 14.3. The lowest BCUT2D eigenvalue weighted by molar-refractivity contribution is -0.117. The third-order valence-electron chi connectivity index (χ3n) is 13.9. The number of para-hydroxylation sites is 2. The molecule has 2 amide bonds. The van der Waals surface area contributed by atoms with Crippen molar-refractivity contribution in [2.45, 2.75) is 64.8 Å². The van der Waals surface area contributed by atoms with Crippen LogP contribution in [0.5, 0.6) is 17.2 Å². The molecule has 0 fully saturated rings. The van der Waals surface area contributed by atoms with E-state index in [0.717, 1.165) is 58.0 Å². The van der Waals surface area contributed by atoms with Gasteiger partial charge < -0.3 is 57.7 Å². The molecule has 0 aromatic heterocycles. The smallest absolute Gasteiger partial charge is 0.260 e. The zero-order valence-electron chi connectivity index (χ0n) is 41.3. The van der Waals surface area contributed by atoms with Crippen molar-refractivity contribution in [3.05, 3.63) is 130 Å². The number of aryl methyl sites for hydroxylation is 1. The minimum Gasteiger partial charge on any atom is -0.493 e. The Kier molecular flexibility index (Phi) is 14.9. The molecule has 0 bridgehead atoms.